The van der Waals surface area contributed by atoms with Crippen LogP contribution in [0.3, 0.4) is 0 Å². The summed E-state index contributed by atoms with van der Waals surface area (Å²) in [5.41, 5.74) is 2.67. The van der Waals surface area contributed by atoms with Gasteiger partial charge in [0.2, 0.25) is 0 Å². The van der Waals surface area contributed by atoms with Gasteiger partial charge >= 0.3 is 0 Å². The normalized spacial score (nSPS) is 26.5. The predicted molar refractivity (Wildman–Crippen MR) is 72.8 cm³/mol. The number of aromatic nitrogens is 2. The van der Waals surface area contributed by atoms with Gasteiger partial charge in [-0.2, -0.15) is 0 Å². The molecule has 2 aliphatic carbocycles. The highest BCUT2D eigenvalue weighted by molar-refractivity contribution is 9.09. The second kappa shape index (κ2) is 4.56. The zero-order valence-electron chi connectivity index (χ0n) is 10.2. The van der Waals surface area contributed by atoms with Gasteiger partial charge in [-0.15, -0.1) is 0 Å². The van der Waals surface area contributed by atoms with Crippen molar-refractivity contribution < 1.29 is 0 Å². The lowest BCUT2D eigenvalue weighted by Gasteiger charge is -2.35. The van der Waals surface area contributed by atoms with Crippen LogP contribution in [0, 0.1) is 5.92 Å². The van der Waals surface area contributed by atoms with E-state index in [1.54, 1.807) is 6.33 Å². The van der Waals surface area contributed by atoms with Gasteiger partial charge in [-0.1, -0.05) is 15.9 Å². The third-order valence-electron chi connectivity index (χ3n) is 3.92. The Morgan fingerprint density at radius 1 is 1.35 bits per heavy atom. The Labute approximate surface area is 111 Å². The molecule has 1 aromatic rings. The molecule has 1 fully saturated rings. The molecular formula is C13H18BrN3. The van der Waals surface area contributed by atoms with Crippen molar-refractivity contribution in [3.05, 3.63) is 17.6 Å². The molecule has 92 valence electrons. The fraction of sp³-hybridized carbons (Fsp3) is 0.692. The highest BCUT2D eigenvalue weighted by atomic mass is 79.9. The lowest BCUT2D eigenvalue weighted by molar-refractivity contribution is 0.338. The Kier molecular flexibility index (Phi) is 3.07. The Balaban J connectivity index is 1.73. The molecule has 0 aliphatic heterocycles. The molecule has 0 bridgehead atoms. The van der Waals surface area contributed by atoms with Gasteiger partial charge in [-0.3, -0.25) is 0 Å². The second-order valence-electron chi connectivity index (χ2n) is 5.29. The van der Waals surface area contributed by atoms with E-state index in [0.717, 1.165) is 30.1 Å². The molecule has 2 aliphatic rings. The van der Waals surface area contributed by atoms with Crippen LogP contribution in [-0.2, 0) is 12.8 Å². The topological polar surface area (TPSA) is 29.0 Å². The van der Waals surface area contributed by atoms with Gasteiger partial charge in [0.25, 0.3) is 0 Å². The largest absolute Gasteiger partial charge is 0.359 e. The summed E-state index contributed by atoms with van der Waals surface area (Å²) in [6.07, 6.45) is 7.86. The predicted octanol–water partition coefficient (Wildman–Crippen LogP) is 2.58. The van der Waals surface area contributed by atoms with Crippen LogP contribution in [-0.4, -0.2) is 28.4 Å². The van der Waals surface area contributed by atoms with E-state index < -0.39 is 0 Å². The van der Waals surface area contributed by atoms with Crippen LogP contribution in [0.1, 0.15) is 30.5 Å². The van der Waals surface area contributed by atoms with Crippen molar-refractivity contribution in [2.24, 2.45) is 5.92 Å². The number of hydrogen-bond donors (Lipinski definition) is 0. The highest BCUT2D eigenvalue weighted by Gasteiger charge is 2.29. The summed E-state index contributed by atoms with van der Waals surface area (Å²) in [6.45, 7) is 1.13. The van der Waals surface area contributed by atoms with Crippen molar-refractivity contribution in [2.45, 2.75) is 36.9 Å². The van der Waals surface area contributed by atoms with Crippen molar-refractivity contribution in [3.8, 4) is 0 Å². The minimum Gasteiger partial charge on any atom is -0.359 e. The third kappa shape index (κ3) is 2.19. The molecule has 1 heterocycles. The zero-order valence-corrected chi connectivity index (χ0v) is 11.8. The van der Waals surface area contributed by atoms with Crippen LogP contribution >= 0.6 is 15.9 Å². The van der Waals surface area contributed by atoms with E-state index >= 15 is 0 Å². The summed E-state index contributed by atoms with van der Waals surface area (Å²) < 4.78 is 0. The van der Waals surface area contributed by atoms with E-state index in [1.165, 1.54) is 36.3 Å². The van der Waals surface area contributed by atoms with Crippen molar-refractivity contribution in [3.63, 3.8) is 0 Å². The van der Waals surface area contributed by atoms with Gasteiger partial charge in [0.05, 0.1) is 0 Å². The number of aryl methyl sites for hydroxylation is 1. The average molecular weight is 296 g/mol. The number of rotatable bonds is 3. The van der Waals surface area contributed by atoms with Gasteiger partial charge in [-0.05, 0) is 38.0 Å². The number of alkyl halides is 1. The summed E-state index contributed by atoms with van der Waals surface area (Å²) in [7, 11) is 2.17. The van der Waals surface area contributed by atoms with Crippen LogP contribution in [0.2, 0.25) is 0 Å². The molecule has 0 aromatic carbocycles. The molecule has 1 aromatic heterocycles. The first-order valence-electron chi connectivity index (χ1n) is 6.42. The first-order chi connectivity index (χ1) is 8.24. The maximum atomic E-state index is 4.48. The van der Waals surface area contributed by atoms with Crippen molar-refractivity contribution in [1.82, 2.24) is 9.97 Å². The first-order valence-corrected chi connectivity index (χ1v) is 7.33. The van der Waals surface area contributed by atoms with Crippen LogP contribution in [0.4, 0.5) is 5.82 Å². The standard InChI is InChI=1S/C13H18BrN3/c1-17(7-9-5-10(14)6-9)13-11-3-2-4-12(11)15-8-16-13/h8-10H,2-7H2,1H3. The number of nitrogens with zero attached hydrogens (tertiary/aromatic N) is 3. The Morgan fingerprint density at radius 2 is 2.18 bits per heavy atom. The Morgan fingerprint density at radius 3 is 2.94 bits per heavy atom. The lowest BCUT2D eigenvalue weighted by Crippen LogP contribution is -2.35. The quantitative estimate of drug-likeness (QED) is 0.803. The summed E-state index contributed by atoms with van der Waals surface area (Å²) in [5, 5.41) is 0. The molecule has 1 saturated carbocycles. The van der Waals surface area contributed by atoms with Gasteiger partial charge in [0.1, 0.15) is 12.1 Å². The SMILES string of the molecule is CN(CC1CC(Br)C1)c1ncnc2c1CCC2. The van der Waals surface area contributed by atoms with Gasteiger partial charge in [0, 0.05) is 29.7 Å². The molecule has 0 amide bonds. The summed E-state index contributed by atoms with van der Waals surface area (Å²) >= 11 is 3.65. The molecular weight excluding hydrogens is 278 g/mol. The maximum Gasteiger partial charge on any atom is 0.135 e. The monoisotopic (exact) mass is 295 g/mol. The maximum absolute atomic E-state index is 4.48. The minimum absolute atomic E-state index is 0.747. The molecule has 0 atom stereocenters. The fourth-order valence-corrected chi connectivity index (χ4v) is 4.01. The molecule has 0 radical (unpaired) electrons. The van der Waals surface area contributed by atoms with Gasteiger partial charge in [-0.25, -0.2) is 9.97 Å². The number of fused-ring (bicyclic) bond motifs is 1. The van der Waals surface area contributed by atoms with Crippen LogP contribution < -0.4 is 4.90 Å². The molecule has 0 N–H and O–H groups in total. The van der Waals surface area contributed by atoms with E-state index in [0.29, 0.717) is 0 Å². The summed E-state index contributed by atoms with van der Waals surface area (Å²) in [6, 6.07) is 0. The molecule has 0 unspecified atom stereocenters. The molecule has 4 heteroatoms. The molecule has 0 spiro atoms. The number of hydrogen-bond acceptors (Lipinski definition) is 3. The fourth-order valence-electron chi connectivity index (χ4n) is 2.95. The molecule has 3 nitrogen and oxygen atoms in total. The van der Waals surface area contributed by atoms with Crippen molar-refractivity contribution >= 4 is 21.7 Å². The molecule has 0 saturated heterocycles. The minimum atomic E-state index is 0.747. The van der Waals surface area contributed by atoms with Crippen molar-refractivity contribution in [2.75, 3.05) is 18.5 Å². The molecule has 3 rings (SSSR count). The van der Waals surface area contributed by atoms with Crippen LogP contribution in [0.25, 0.3) is 0 Å². The smallest absolute Gasteiger partial charge is 0.135 e. The highest BCUT2D eigenvalue weighted by Crippen LogP contribution is 2.35. The second-order valence-corrected chi connectivity index (χ2v) is 6.59. The lowest BCUT2D eigenvalue weighted by atomic mass is 9.85. The summed E-state index contributed by atoms with van der Waals surface area (Å²) in [4.78, 5) is 11.9. The Bertz CT molecular complexity index is 415. The van der Waals surface area contributed by atoms with Gasteiger partial charge in [0.15, 0.2) is 0 Å². The number of halogens is 1. The van der Waals surface area contributed by atoms with E-state index in [9.17, 15) is 0 Å². The van der Waals surface area contributed by atoms with Crippen molar-refractivity contribution in [1.29, 1.82) is 0 Å². The van der Waals surface area contributed by atoms with Crippen LogP contribution in [0.15, 0.2) is 6.33 Å². The van der Waals surface area contributed by atoms with E-state index in [4.69, 9.17) is 0 Å². The summed E-state index contributed by atoms with van der Waals surface area (Å²) in [5.74, 6) is 2.00. The third-order valence-corrected chi connectivity index (χ3v) is 4.67. The van der Waals surface area contributed by atoms with E-state index in [-0.39, 0.29) is 0 Å². The van der Waals surface area contributed by atoms with Crippen LogP contribution in [0.5, 0.6) is 0 Å². The average Bonchev–Trinajstić information content (AvgIpc) is 2.74. The zero-order chi connectivity index (χ0) is 11.8. The Hall–Kier alpha value is -0.640. The first kappa shape index (κ1) is 11.5. The van der Waals surface area contributed by atoms with E-state index in [1.807, 2.05) is 0 Å². The van der Waals surface area contributed by atoms with Gasteiger partial charge < -0.3 is 4.90 Å². The molecule has 17 heavy (non-hydrogen) atoms. The number of anilines is 1. The van der Waals surface area contributed by atoms with E-state index in [2.05, 4.69) is 37.8 Å².